The van der Waals surface area contributed by atoms with E-state index in [1.165, 1.54) is 6.33 Å². The van der Waals surface area contributed by atoms with Crippen LogP contribution < -0.4 is 5.32 Å². The van der Waals surface area contributed by atoms with Gasteiger partial charge in [-0.3, -0.25) is 9.48 Å². The number of carbonyl (C=O) groups is 1. The Labute approximate surface area is 142 Å². The smallest absolute Gasteiger partial charge is 0.227 e. The molecule has 1 N–H and O–H groups in total. The summed E-state index contributed by atoms with van der Waals surface area (Å²) in [7, 11) is 3.40. The Morgan fingerprint density at radius 1 is 1.28 bits per heavy atom. The van der Waals surface area contributed by atoms with Crippen molar-refractivity contribution in [3.05, 3.63) is 42.7 Å². The van der Waals surface area contributed by atoms with Gasteiger partial charge in [0.25, 0.3) is 0 Å². The highest BCUT2D eigenvalue weighted by Gasteiger charge is 2.18. The van der Waals surface area contributed by atoms with E-state index < -0.39 is 0 Å². The van der Waals surface area contributed by atoms with Gasteiger partial charge in [0.1, 0.15) is 6.33 Å². The summed E-state index contributed by atoms with van der Waals surface area (Å²) in [4.78, 5) is 20.4. The molecule has 4 heterocycles. The second-order valence-electron chi connectivity index (χ2n) is 5.40. The van der Waals surface area contributed by atoms with Gasteiger partial charge in [-0.1, -0.05) is 0 Å². The van der Waals surface area contributed by atoms with E-state index in [4.69, 9.17) is 0 Å². The molecule has 0 radical (unpaired) electrons. The minimum atomic E-state index is -0.151. The van der Waals surface area contributed by atoms with Crippen molar-refractivity contribution in [3.63, 3.8) is 0 Å². The van der Waals surface area contributed by atoms with Crippen molar-refractivity contribution in [2.45, 2.75) is 6.42 Å². The summed E-state index contributed by atoms with van der Waals surface area (Å²) >= 11 is 0. The van der Waals surface area contributed by atoms with Crippen LogP contribution in [-0.2, 0) is 18.3 Å². The summed E-state index contributed by atoms with van der Waals surface area (Å²) in [6.07, 6.45) is 5.07. The Morgan fingerprint density at radius 3 is 2.92 bits per heavy atom. The lowest BCUT2D eigenvalue weighted by Crippen LogP contribution is -2.20. The fraction of sp³-hybridized carbons (Fsp3) is 0.200. The van der Waals surface area contributed by atoms with E-state index in [0.717, 1.165) is 11.4 Å². The van der Waals surface area contributed by atoms with Crippen LogP contribution in [0.25, 0.3) is 22.9 Å². The molecular weight excluding hydrogens is 322 g/mol. The number of aromatic nitrogens is 8. The highest BCUT2D eigenvalue weighted by Crippen LogP contribution is 2.22. The standard InChI is InChI=1S/C15H15N9O/c1-16-13(25)8-11-20-15(24(21-11)14-3-5-18-22(14)2)10-4-6-23-12(7-10)17-9-19-23/h3-7,9H,8H2,1-2H3,(H,16,25). The van der Waals surface area contributed by atoms with Crippen molar-refractivity contribution in [1.82, 2.24) is 44.5 Å². The van der Waals surface area contributed by atoms with Crippen LogP contribution in [0.5, 0.6) is 0 Å². The number of amides is 1. The van der Waals surface area contributed by atoms with Crippen LogP contribution >= 0.6 is 0 Å². The third-order valence-electron chi connectivity index (χ3n) is 3.80. The van der Waals surface area contributed by atoms with Crippen LogP contribution in [0.1, 0.15) is 5.82 Å². The zero-order valence-electron chi connectivity index (χ0n) is 13.7. The van der Waals surface area contributed by atoms with E-state index in [0.29, 0.717) is 17.3 Å². The fourth-order valence-corrected chi connectivity index (χ4v) is 2.54. The van der Waals surface area contributed by atoms with Gasteiger partial charge >= 0.3 is 0 Å². The van der Waals surface area contributed by atoms with Gasteiger partial charge < -0.3 is 5.32 Å². The van der Waals surface area contributed by atoms with Gasteiger partial charge in [-0.05, 0) is 12.1 Å². The average Bonchev–Trinajstić information content (AvgIpc) is 3.32. The summed E-state index contributed by atoms with van der Waals surface area (Å²) in [5, 5.41) is 15.3. The molecule has 0 fully saturated rings. The molecule has 4 rings (SSSR count). The maximum Gasteiger partial charge on any atom is 0.227 e. The zero-order valence-corrected chi connectivity index (χ0v) is 13.7. The third-order valence-corrected chi connectivity index (χ3v) is 3.80. The number of rotatable bonds is 4. The molecule has 126 valence electrons. The molecule has 0 bridgehead atoms. The fourth-order valence-electron chi connectivity index (χ4n) is 2.54. The number of fused-ring (bicyclic) bond motifs is 1. The predicted molar refractivity (Wildman–Crippen MR) is 87.9 cm³/mol. The molecular formula is C15H15N9O. The highest BCUT2D eigenvalue weighted by atomic mass is 16.1. The van der Waals surface area contributed by atoms with Gasteiger partial charge in [0, 0.05) is 31.9 Å². The molecule has 10 heteroatoms. The van der Waals surface area contributed by atoms with E-state index in [-0.39, 0.29) is 12.3 Å². The third kappa shape index (κ3) is 2.63. The number of nitrogens with one attached hydrogen (secondary N) is 1. The number of aryl methyl sites for hydroxylation is 1. The van der Waals surface area contributed by atoms with Crippen molar-refractivity contribution in [1.29, 1.82) is 0 Å². The lowest BCUT2D eigenvalue weighted by atomic mass is 10.2. The number of hydrogen-bond acceptors (Lipinski definition) is 6. The van der Waals surface area contributed by atoms with Gasteiger partial charge in [-0.15, -0.1) is 5.10 Å². The normalized spacial score (nSPS) is 11.1. The first-order valence-corrected chi connectivity index (χ1v) is 7.60. The number of likely N-dealkylation sites (N-methyl/N-ethyl adjacent to an activating group) is 1. The van der Waals surface area contributed by atoms with E-state index >= 15 is 0 Å². The minimum Gasteiger partial charge on any atom is -0.359 e. The van der Waals surface area contributed by atoms with Gasteiger partial charge in [0.05, 0.1) is 12.6 Å². The topological polar surface area (TPSA) is 108 Å². The molecule has 0 saturated heterocycles. The van der Waals surface area contributed by atoms with Crippen molar-refractivity contribution in [2.75, 3.05) is 7.05 Å². The van der Waals surface area contributed by atoms with E-state index in [1.54, 1.807) is 33.3 Å². The lowest BCUT2D eigenvalue weighted by Gasteiger charge is -2.06. The number of nitrogens with zero attached hydrogens (tertiary/aromatic N) is 8. The summed E-state index contributed by atoms with van der Waals surface area (Å²) in [6, 6.07) is 5.58. The van der Waals surface area contributed by atoms with E-state index in [9.17, 15) is 4.79 Å². The molecule has 0 unspecified atom stereocenters. The van der Waals surface area contributed by atoms with Crippen molar-refractivity contribution in [2.24, 2.45) is 7.05 Å². The Morgan fingerprint density at radius 2 is 2.16 bits per heavy atom. The van der Waals surface area contributed by atoms with Crippen molar-refractivity contribution < 1.29 is 4.79 Å². The zero-order chi connectivity index (χ0) is 17.4. The van der Waals surface area contributed by atoms with Gasteiger partial charge in [0.15, 0.2) is 23.1 Å². The second-order valence-corrected chi connectivity index (χ2v) is 5.40. The van der Waals surface area contributed by atoms with Crippen LogP contribution in [0.4, 0.5) is 0 Å². The largest absolute Gasteiger partial charge is 0.359 e. The minimum absolute atomic E-state index is 0.0987. The summed E-state index contributed by atoms with van der Waals surface area (Å²) in [5.74, 6) is 1.62. The van der Waals surface area contributed by atoms with Crippen LogP contribution in [0.15, 0.2) is 36.9 Å². The second kappa shape index (κ2) is 5.82. The summed E-state index contributed by atoms with van der Waals surface area (Å²) in [5.41, 5.74) is 1.52. The van der Waals surface area contributed by atoms with Gasteiger partial charge in [-0.25, -0.2) is 14.5 Å². The molecule has 0 atom stereocenters. The van der Waals surface area contributed by atoms with Gasteiger partial charge in [-0.2, -0.15) is 14.9 Å². The highest BCUT2D eigenvalue weighted by molar-refractivity contribution is 5.77. The molecule has 0 saturated carbocycles. The number of carbonyl (C=O) groups excluding carboxylic acids is 1. The van der Waals surface area contributed by atoms with Crippen LogP contribution in [0, 0.1) is 0 Å². The summed E-state index contributed by atoms with van der Waals surface area (Å²) in [6.45, 7) is 0. The monoisotopic (exact) mass is 337 g/mol. The molecule has 10 nitrogen and oxygen atoms in total. The van der Waals surface area contributed by atoms with Gasteiger partial charge in [0.2, 0.25) is 5.91 Å². The molecule has 0 aliphatic rings. The number of pyridine rings is 1. The molecule has 1 amide bonds. The Bertz CT molecular complexity index is 1060. The predicted octanol–water partition coefficient (Wildman–Crippen LogP) is -0.00100. The van der Waals surface area contributed by atoms with Crippen molar-refractivity contribution >= 4 is 11.6 Å². The molecule has 0 aromatic carbocycles. The SMILES string of the molecule is CNC(=O)Cc1nc(-c2ccn3ncnc3c2)n(-c2ccnn2C)n1. The first-order valence-electron chi connectivity index (χ1n) is 7.60. The quantitative estimate of drug-likeness (QED) is 0.561. The Hall–Kier alpha value is -3.56. The Kier molecular flexibility index (Phi) is 3.49. The molecule has 4 aromatic rings. The molecule has 0 aliphatic heterocycles. The molecule has 0 aliphatic carbocycles. The van der Waals surface area contributed by atoms with Crippen LogP contribution in [0.3, 0.4) is 0 Å². The first kappa shape index (κ1) is 15.0. The molecule has 0 spiro atoms. The van der Waals surface area contributed by atoms with Crippen molar-refractivity contribution in [3.8, 4) is 17.2 Å². The molecule has 25 heavy (non-hydrogen) atoms. The summed E-state index contributed by atoms with van der Waals surface area (Å²) < 4.78 is 5.03. The number of hydrogen-bond donors (Lipinski definition) is 1. The van der Waals surface area contributed by atoms with E-state index in [2.05, 4.69) is 30.6 Å². The average molecular weight is 337 g/mol. The maximum atomic E-state index is 11.7. The van der Waals surface area contributed by atoms with Crippen LogP contribution in [0.2, 0.25) is 0 Å². The lowest BCUT2D eigenvalue weighted by molar-refractivity contribution is -0.120. The maximum absolute atomic E-state index is 11.7. The van der Waals surface area contributed by atoms with Crippen LogP contribution in [-0.4, -0.2) is 52.1 Å². The first-order chi connectivity index (χ1) is 12.2. The molecule has 4 aromatic heterocycles. The van der Waals surface area contributed by atoms with E-state index in [1.807, 2.05) is 25.2 Å². The Balaban J connectivity index is 1.86.